The molecule has 1 aromatic heterocycles. The molecule has 0 amide bonds. The van der Waals surface area contributed by atoms with Crippen molar-refractivity contribution in [3.63, 3.8) is 0 Å². The third-order valence-electron chi connectivity index (χ3n) is 3.44. The first-order valence-corrected chi connectivity index (χ1v) is 7.66. The lowest BCUT2D eigenvalue weighted by Crippen LogP contribution is -2.07. The van der Waals surface area contributed by atoms with Gasteiger partial charge in [0.15, 0.2) is 5.78 Å². The minimum atomic E-state index is -0.453. The van der Waals surface area contributed by atoms with E-state index < -0.39 is 5.97 Å². The number of aromatic amines is 1. The molecule has 2 aromatic rings. The summed E-state index contributed by atoms with van der Waals surface area (Å²) in [7, 11) is 0. The zero-order valence-electron chi connectivity index (χ0n) is 13.3. The number of ketones is 1. The minimum absolute atomic E-state index is 0.174. The fourth-order valence-electron chi connectivity index (χ4n) is 2.39. The zero-order chi connectivity index (χ0) is 17.0. The maximum Gasteiger partial charge on any atom is 0.355 e. The smallest absolute Gasteiger partial charge is 0.355 e. The lowest BCUT2D eigenvalue weighted by Gasteiger charge is -2.01. The van der Waals surface area contributed by atoms with Crippen molar-refractivity contribution < 1.29 is 14.3 Å². The monoisotopic (exact) mass is 331 g/mol. The second-order valence-electron chi connectivity index (χ2n) is 5.10. The second-order valence-corrected chi connectivity index (χ2v) is 5.53. The summed E-state index contributed by atoms with van der Waals surface area (Å²) in [5, 5.41) is 0.609. The highest BCUT2D eigenvalue weighted by Gasteiger charge is 2.21. The number of hydrogen-bond acceptors (Lipinski definition) is 3. The number of esters is 1. The van der Waals surface area contributed by atoms with Crippen LogP contribution in [0.4, 0.5) is 0 Å². The van der Waals surface area contributed by atoms with E-state index in [1.807, 2.05) is 12.1 Å². The first kappa shape index (κ1) is 17.0. The number of benzene rings is 1. The van der Waals surface area contributed by atoms with E-state index >= 15 is 0 Å². The Morgan fingerprint density at radius 1 is 1.30 bits per heavy atom. The molecule has 0 saturated carbocycles. The van der Waals surface area contributed by atoms with E-state index in [0.717, 1.165) is 5.56 Å². The average Bonchev–Trinajstić information content (AvgIpc) is 2.80. The number of carbonyl (C=O) groups is 2. The Bertz CT molecular complexity index is 775. The third-order valence-corrected chi connectivity index (χ3v) is 3.67. The van der Waals surface area contributed by atoms with Crippen molar-refractivity contribution in [1.82, 2.24) is 4.98 Å². The summed E-state index contributed by atoms with van der Waals surface area (Å²) in [4.78, 5) is 27.3. The molecule has 0 fully saturated rings. The minimum Gasteiger partial charge on any atom is -0.461 e. The Morgan fingerprint density at radius 2 is 2.04 bits per heavy atom. The van der Waals surface area contributed by atoms with Crippen LogP contribution in [-0.4, -0.2) is 23.3 Å². The second kappa shape index (κ2) is 7.29. The summed E-state index contributed by atoms with van der Waals surface area (Å²) in [5.41, 5.74) is 2.89. The summed E-state index contributed by atoms with van der Waals surface area (Å²) in [6.45, 7) is 5.52. The Balaban J connectivity index is 2.28. The van der Waals surface area contributed by atoms with Crippen molar-refractivity contribution in [3.05, 3.63) is 63.4 Å². The van der Waals surface area contributed by atoms with Gasteiger partial charge in [0, 0.05) is 16.3 Å². The molecule has 0 atom stereocenters. The number of carbonyl (C=O) groups excluding carboxylic acids is 2. The lowest BCUT2D eigenvalue weighted by molar-refractivity contribution is 0.0519. The van der Waals surface area contributed by atoms with Crippen LogP contribution in [0, 0.1) is 13.8 Å². The number of rotatable bonds is 5. The van der Waals surface area contributed by atoms with Gasteiger partial charge in [-0.3, -0.25) is 4.79 Å². The highest BCUT2D eigenvalue weighted by Crippen LogP contribution is 2.20. The highest BCUT2D eigenvalue weighted by molar-refractivity contribution is 6.30. The van der Waals surface area contributed by atoms with Crippen LogP contribution >= 0.6 is 11.6 Å². The largest absolute Gasteiger partial charge is 0.461 e. The number of aromatic nitrogens is 1. The molecule has 0 bridgehead atoms. The Hall–Kier alpha value is -2.33. The van der Waals surface area contributed by atoms with Gasteiger partial charge in [0.25, 0.3) is 0 Å². The van der Waals surface area contributed by atoms with Gasteiger partial charge in [-0.2, -0.15) is 0 Å². The zero-order valence-corrected chi connectivity index (χ0v) is 14.0. The van der Waals surface area contributed by atoms with Crippen LogP contribution in [0.15, 0.2) is 30.3 Å². The van der Waals surface area contributed by atoms with E-state index in [2.05, 4.69) is 4.98 Å². The van der Waals surface area contributed by atoms with Gasteiger partial charge in [0.05, 0.1) is 6.61 Å². The summed E-state index contributed by atoms with van der Waals surface area (Å²) >= 11 is 5.92. The molecule has 0 spiro atoms. The predicted molar refractivity (Wildman–Crippen MR) is 91.0 cm³/mol. The molecule has 120 valence electrons. The Kier molecular flexibility index (Phi) is 5.40. The number of aryl methyl sites for hydroxylation is 1. The molecule has 2 rings (SSSR count). The maximum absolute atomic E-state index is 12.4. The van der Waals surface area contributed by atoms with Crippen LogP contribution < -0.4 is 0 Å². The summed E-state index contributed by atoms with van der Waals surface area (Å²) in [6.07, 6.45) is 3.17. The molecular formula is C18H18ClNO3. The van der Waals surface area contributed by atoms with E-state index in [1.165, 1.54) is 6.08 Å². The number of hydrogen-bond donors (Lipinski definition) is 1. The third kappa shape index (κ3) is 3.90. The van der Waals surface area contributed by atoms with Crippen LogP contribution in [0.25, 0.3) is 6.08 Å². The number of allylic oxidation sites excluding steroid dienone is 1. The fourth-order valence-corrected chi connectivity index (χ4v) is 2.59. The van der Waals surface area contributed by atoms with Gasteiger partial charge in [-0.25, -0.2) is 4.79 Å². The van der Waals surface area contributed by atoms with Gasteiger partial charge in [0.2, 0.25) is 0 Å². The molecule has 5 heteroatoms. The van der Waals surface area contributed by atoms with Crippen LogP contribution in [-0.2, 0) is 4.74 Å². The van der Waals surface area contributed by atoms with Crippen molar-refractivity contribution >= 4 is 29.4 Å². The predicted octanol–water partition coefficient (Wildman–Crippen LogP) is 4.36. The van der Waals surface area contributed by atoms with Gasteiger partial charge in [-0.05, 0) is 50.1 Å². The molecule has 0 unspecified atom stereocenters. The first-order valence-electron chi connectivity index (χ1n) is 7.28. The summed E-state index contributed by atoms with van der Waals surface area (Å²) in [6, 6.07) is 7.22. The van der Waals surface area contributed by atoms with Crippen LogP contribution in [0.2, 0.25) is 5.02 Å². The van der Waals surface area contributed by atoms with E-state index in [4.69, 9.17) is 16.3 Å². The first-order chi connectivity index (χ1) is 10.9. The normalized spacial score (nSPS) is 11.0. The van der Waals surface area contributed by atoms with E-state index in [1.54, 1.807) is 39.0 Å². The fraction of sp³-hybridized carbons (Fsp3) is 0.222. The number of ether oxygens (including phenoxy) is 1. The van der Waals surface area contributed by atoms with Gasteiger partial charge in [-0.15, -0.1) is 0 Å². The molecule has 1 aromatic carbocycles. The van der Waals surface area contributed by atoms with Gasteiger partial charge in [0.1, 0.15) is 5.69 Å². The highest BCUT2D eigenvalue weighted by atomic mass is 35.5. The van der Waals surface area contributed by atoms with Crippen molar-refractivity contribution in [3.8, 4) is 0 Å². The van der Waals surface area contributed by atoms with Crippen LogP contribution in [0.5, 0.6) is 0 Å². The van der Waals surface area contributed by atoms with Crippen molar-refractivity contribution in [2.75, 3.05) is 6.61 Å². The molecule has 0 aliphatic rings. The molecular weight excluding hydrogens is 314 g/mol. The van der Waals surface area contributed by atoms with Crippen molar-refractivity contribution in [1.29, 1.82) is 0 Å². The molecule has 0 saturated heterocycles. The molecule has 0 aliphatic heterocycles. The molecule has 0 aliphatic carbocycles. The molecule has 0 radical (unpaired) electrons. The SMILES string of the molecule is CCOC(=O)c1[nH]c(C)c(C(=O)/C=C/c2cccc(Cl)c2)c1C. The number of H-pyrrole nitrogens is 1. The van der Waals surface area contributed by atoms with E-state index in [9.17, 15) is 9.59 Å². The lowest BCUT2D eigenvalue weighted by atomic mass is 10.0. The van der Waals surface area contributed by atoms with Crippen LogP contribution in [0.3, 0.4) is 0 Å². The van der Waals surface area contributed by atoms with Gasteiger partial charge in [-0.1, -0.05) is 29.8 Å². The summed E-state index contributed by atoms with van der Waals surface area (Å²) in [5.74, 6) is -0.627. The van der Waals surface area contributed by atoms with Crippen LogP contribution in [0.1, 0.15) is 44.6 Å². The maximum atomic E-state index is 12.4. The Labute approximate surface area is 140 Å². The molecule has 1 N–H and O–H groups in total. The summed E-state index contributed by atoms with van der Waals surface area (Å²) < 4.78 is 4.99. The molecule has 23 heavy (non-hydrogen) atoms. The number of halogens is 1. The Morgan fingerprint density at radius 3 is 2.70 bits per heavy atom. The average molecular weight is 332 g/mol. The molecule has 4 nitrogen and oxygen atoms in total. The van der Waals surface area contributed by atoms with Crippen molar-refractivity contribution in [2.45, 2.75) is 20.8 Å². The van der Waals surface area contributed by atoms with Gasteiger partial charge >= 0.3 is 5.97 Å². The quantitative estimate of drug-likeness (QED) is 0.503. The van der Waals surface area contributed by atoms with Crippen molar-refractivity contribution in [2.24, 2.45) is 0 Å². The van der Waals surface area contributed by atoms with E-state index in [-0.39, 0.29) is 12.4 Å². The van der Waals surface area contributed by atoms with Gasteiger partial charge < -0.3 is 9.72 Å². The topological polar surface area (TPSA) is 59.2 Å². The number of nitrogens with one attached hydrogen (secondary N) is 1. The molecule has 1 heterocycles. The standard InChI is InChI=1S/C18H18ClNO3/c1-4-23-18(22)17-11(2)16(12(3)20-17)15(21)9-8-13-6-5-7-14(19)10-13/h5-10,20H,4H2,1-3H3/b9-8+. The van der Waals surface area contributed by atoms with E-state index in [0.29, 0.717) is 27.5 Å².